The number of aromatic nitrogens is 1. The molecule has 0 spiro atoms. The van der Waals surface area contributed by atoms with Gasteiger partial charge in [-0.05, 0) is 60.2 Å². The van der Waals surface area contributed by atoms with Crippen LogP contribution in [-0.2, 0) is 0 Å². The van der Waals surface area contributed by atoms with Gasteiger partial charge in [0.05, 0.1) is 18.4 Å². The number of carbonyl (C=O) groups is 1. The molecule has 0 N–H and O–H groups in total. The van der Waals surface area contributed by atoms with Gasteiger partial charge in [-0.1, -0.05) is 41.4 Å². The molecule has 5 nitrogen and oxygen atoms in total. The molecule has 0 unspecified atom stereocenters. The van der Waals surface area contributed by atoms with Gasteiger partial charge in [0, 0.05) is 26.6 Å². The van der Waals surface area contributed by atoms with E-state index < -0.39 is 0 Å². The second kappa shape index (κ2) is 11.2. The van der Waals surface area contributed by atoms with Crippen LogP contribution in [0.4, 0.5) is 0 Å². The molecular weight excluding hydrogens is 503 g/mol. The van der Waals surface area contributed by atoms with E-state index in [2.05, 4.69) is 11.1 Å². The van der Waals surface area contributed by atoms with Crippen molar-refractivity contribution < 1.29 is 14.3 Å². The molecule has 35 heavy (non-hydrogen) atoms. The third kappa shape index (κ3) is 6.09. The second-order valence-electron chi connectivity index (χ2n) is 7.34. The first kappa shape index (κ1) is 24.5. The fourth-order valence-corrected chi connectivity index (χ4v) is 4.26. The highest BCUT2D eigenvalue weighted by molar-refractivity contribution is 7.11. The second-order valence-corrected chi connectivity index (χ2v) is 9.07. The number of nitrogens with zero attached hydrogens (tertiary/aromatic N) is 2. The number of hydrogen-bond donors (Lipinski definition) is 0. The lowest BCUT2D eigenvalue weighted by atomic mass is 10.1. The molecule has 0 aliphatic rings. The first-order valence-corrected chi connectivity index (χ1v) is 12.0. The van der Waals surface area contributed by atoms with Crippen LogP contribution in [0.25, 0.3) is 22.9 Å². The summed E-state index contributed by atoms with van der Waals surface area (Å²) in [5.41, 5.74) is 3.36. The highest BCUT2D eigenvalue weighted by Gasteiger charge is 2.13. The van der Waals surface area contributed by atoms with E-state index in [0.717, 1.165) is 16.8 Å². The molecule has 0 aliphatic heterocycles. The molecule has 1 aromatic heterocycles. The van der Waals surface area contributed by atoms with Gasteiger partial charge >= 0.3 is 0 Å². The molecule has 0 saturated heterocycles. The Morgan fingerprint density at radius 3 is 2.37 bits per heavy atom. The van der Waals surface area contributed by atoms with Crippen LogP contribution in [0.1, 0.15) is 20.9 Å². The van der Waals surface area contributed by atoms with Crippen LogP contribution in [0.15, 0.2) is 72.1 Å². The summed E-state index contributed by atoms with van der Waals surface area (Å²) in [4.78, 5) is 17.0. The van der Waals surface area contributed by atoms with Gasteiger partial charge < -0.3 is 9.47 Å². The monoisotopic (exact) mass is 520 g/mol. The number of methoxy groups -OCH3 is 1. The number of hydrogen-bond acceptors (Lipinski definition) is 6. The topological polar surface area (TPSA) is 72.2 Å². The fraction of sp³-hybridized carbons (Fsp3) is 0.0741. The van der Waals surface area contributed by atoms with Gasteiger partial charge in [0.15, 0.2) is 23.9 Å². The number of Topliss-reactive ketones (excluding diaryl/α,β-unsaturated/α-hetero) is 1. The van der Waals surface area contributed by atoms with E-state index in [-0.39, 0.29) is 12.4 Å². The van der Waals surface area contributed by atoms with Gasteiger partial charge in [0.1, 0.15) is 11.1 Å². The highest BCUT2D eigenvalue weighted by atomic mass is 35.5. The molecule has 0 radical (unpaired) electrons. The van der Waals surface area contributed by atoms with Crippen molar-refractivity contribution in [2.45, 2.75) is 0 Å². The molecule has 0 amide bonds. The molecule has 174 valence electrons. The summed E-state index contributed by atoms with van der Waals surface area (Å²) in [7, 11) is 1.52. The number of ether oxygens (including phenoxy) is 2. The summed E-state index contributed by atoms with van der Waals surface area (Å²) >= 11 is 13.2. The molecule has 4 rings (SSSR count). The van der Waals surface area contributed by atoms with E-state index in [0.29, 0.717) is 37.7 Å². The zero-order chi connectivity index (χ0) is 24.8. The molecule has 0 atom stereocenters. The number of nitriles is 1. The number of thiazole rings is 1. The largest absolute Gasteiger partial charge is 0.493 e. The third-order valence-corrected chi connectivity index (χ3v) is 6.40. The zero-order valence-corrected chi connectivity index (χ0v) is 20.8. The van der Waals surface area contributed by atoms with E-state index in [1.165, 1.54) is 18.4 Å². The molecule has 0 aliphatic carbocycles. The van der Waals surface area contributed by atoms with Gasteiger partial charge in [-0.3, -0.25) is 4.79 Å². The van der Waals surface area contributed by atoms with Gasteiger partial charge in [-0.15, -0.1) is 11.3 Å². The molecule has 0 bridgehead atoms. The predicted octanol–water partition coefficient (Wildman–Crippen LogP) is 7.45. The zero-order valence-electron chi connectivity index (χ0n) is 18.5. The first-order chi connectivity index (χ1) is 17.0. The van der Waals surface area contributed by atoms with Crippen molar-refractivity contribution in [1.29, 1.82) is 5.26 Å². The molecule has 4 aromatic rings. The molecule has 1 heterocycles. The van der Waals surface area contributed by atoms with Crippen molar-refractivity contribution in [3.63, 3.8) is 0 Å². The number of allylic oxidation sites excluding steroid dienone is 1. The lowest BCUT2D eigenvalue weighted by molar-refractivity contribution is 0.0919. The molecular formula is C27H18Cl2N2O3S. The molecule has 8 heteroatoms. The Balaban J connectivity index is 1.51. The highest BCUT2D eigenvalue weighted by Crippen LogP contribution is 2.32. The maximum Gasteiger partial charge on any atom is 0.200 e. The van der Waals surface area contributed by atoms with Gasteiger partial charge in [0.25, 0.3) is 0 Å². The number of halogens is 2. The summed E-state index contributed by atoms with van der Waals surface area (Å²) in [6.07, 6.45) is 1.73. The Kier molecular flexibility index (Phi) is 7.84. The maximum atomic E-state index is 12.4. The fourth-order valence-electron chi connectivity index (χ4n) is 3.21. The van der Waals surface area contributed by atoms with Crippen molar-refractivity contribution >= 4 is 52.0 Å². The number of rotatable bonds is 8. The summed E-state index contributed by atoms with van der Waals surface area (Å²) in [6, 6.07) is 21.4. The van der Waals surface area contributed by atoms with Gasteiger partial charge in [-0.25, -0.2) is 4.98 Å². The van der Waals surface area contributed by atoms with Crippen molar-refractivity contribution in [1.82, 2.24) is 4.98 Å². The summed E-state index contributed by atoms with van der Waals surface area (Å²) in [5, 5.41) is 13.5. The summed E-state index contributed by atoms with van der Waals surface area (Å²) in [5.74, 6) is 0.686. The van der Waals surface area contributed by atoms with E-state index in [1.807, 2.05) is 17.5 Å². The maximum absolute atomic E-state index is 12.4. The van der Waals surface area contributed by atoms with Crippen LogP contribution in [-0.4, -0.2) is 24.5 Å². The van der Waals surface area contributed by atoms with Crippen LogP contribution >= 0.6 is 34.5 Å². The van der Waals surface area contributed by atoms with Crippen LogP contribution in [0.3, 0.4) is 0 Å². The lowest BCUT2D eigenvalue weighted by Gasteiger charge is -2.11. The van der Waals surface area contributed by atoms with Crippen molar-refractivity contribution in [2.24, 2.45) is 0 Å². The minimum atomic E-state index is -0.181. The smallest absolute Gasteiger partial charge is 0.200 e. The Labute approximate surface area is 216 Å². The minimum Gasteiger partial charge on any atom is -0.493 e. The SMILES string of the molecule is COc1cc(/C=C(\C#N)c2nc(-c3ccc(Cl)cc3)cs2)ccc1OCC(=O)c1ccc(Cl)cc1. The quantitative estimate of drug-likeness (QED) is 0.178. The van der Waals surface area contributed by atoms with Crippen LogP contribution in [0.5, 0.6) is 11.5 Å². The third-order valence-electron chi connectivity index (χ3n) is 5.02. The lowest BCUT2D eigenvalue weighted by Crippen LogP contribution is -2.12. The average molecular weight is 521 g/mol. The normalized spacial score (nSPS) is 11.1. The van der Waals surface area contributed by atoms with Crippen LogP contribution in [0.2, 0.25) is 10.0 Å². The number of carbonyl (C=O) groups excluding carboxylic acids is 1. The van der Waals surface area contributed by atoms with Gasteiger partial charge in [0.2, 0.25) is 0 Å². The van der Waals surface area contributed by atoms with E-state index in [4.69, 9.17) is 32.7 Å². The van der Waals surface area contributed by atoms with Crippen molar-refractivity contribution in [3.8, 4) is 28.8 Å². The number of benzene rings is 3. The average Bonchev–Trinajstić information content (AvgIpc) is 3.37. The Morgan fingerprint density at radius 1 is 1.03 bits per heavy atom. The van der Waals surface area contributed by atoms with E-state index in [9.17, 15) is 10.1 Å². The summed E-state index contributed by atoms with van der Waals surface area (Å²) in [6.45, 7) is -0.150. The van der Waals surface area contributed by atoms with E-state index >= 15 is 0 Å². The Morgan fingerprint density at radius 2 is 1.71 bits per heavy atom. The molecule has 3 aromatic carbocycles. The van der Waals surface area contributed by atoms with E-state index in [1.54, 1.807) is 60.7 Å². The minimum absolute atomic E-state index is 0.150. The molecule has 0 fully saturated rings. The predicted molar refractivity (Wildman–Crippen MR) is 140 cm³/mol. The standard InChI is InChI=1S/C27H18Cl2N2O3S/c1-33-26-13-17(2-11-25(26)34-15-24(32)19-5-9-22(29)10-6-19)12-20(14-30)27-31-23(16-35-27)18-3-7-21(28)8-4-18/h2-13,16H,15H2,1H3/b20-12+. The van der Waals surface area contributed by atoms with Crippen molar-refractivity contribution in [3.05, 3.63) is 98.3 Å². The molecule has 0 saturated carbocycles. The van der Waals surface area contributed by atoms with Crippen LogP contribution < -0.4 is 9.47 Å². The van der Waals surface area contributed by atoms with Crippen molar-refractivity contribution in [2.75, 3.05) is 13.7 Å². The first-order valence-electron chi connectivity index (χ1n) is 10.4. The Hall–Kier alpha value is -3.63. The number of ketones is 1. The van der Waals surface area contributed by atoms with Gasteiger partial charge in [-0.2, -0.15) is 5.26 Å². The summed E-state index contributed by atoms with van der Waals surface area (Å²) < 4.78 is 11.1. The Bertz CT molecular complexity index is 1420. The van der Waals surface area contributed by atoms with Crippen LogP contribution in [0, 0.1) is 11.3 Å².